The zero-order valence-electron chi connectivity index (χ0n) is 12.5. The Bertz CT molecular complexity index is 912. The quantitative estimate of drug-likeness (QED) is 0.662. The van der Waals surface area contributed by atoms with E-state index in [0.29, 0.717) is 11.5 Å². The van der Waals surface area contributed by atoms with E-state index in [0.717, 1.165) is 10.2 Å². The summed E-state index contributed by atoms with van der Waals surface area (Å²) in [5.74, 6) is 0.632. The molecule has 2 aromatic carbocycles. The molecule has 0 saturated carbocycles. The molecule has 0 bridgehead atoms. The minimum atomic E-state index is -3.63. The molecule has 3 aromatic rings. The Morgan fingerprint density at radius 1 is 0.833 bits per heavy atom. The molecule has 24 heavy (non-hydrogen) atoms. The van der Waals surface area contributed by atoms with Crippen molar-refractivity contribution in [3.63, 3.8) is 0 Å². The van der Waals surface area contributed by atoms with Crippen molar-refractivity contribution in [3.05, 3.63) is 77.4 Å². The molecule has 0 aliphatic carbocycles. The molecule has 0 unspecified atom stereocenters. The highest BCUT2D eigenvalue weighted by Gasteiger charge is 2.14. The van der Waals surface area contributed by atoms with Gasteiger partial charge in [-0.05, 0) is 48.5 Å². The molecule has 7 heteroatoms. The first-order valence-corrected chi connectivity index (χ1v) is 9.37. The normalized spacial score (nSPS) is 11.0. The number of pyridine rings is 1. The second-order valence-electron chi connectivity index (χ2n) is 4.98. The Morgan fingerprint density at radius 2 is 1.54 bits per heavy atom. The first-order valence-electron chi connectivity index (χ1n) is 7.09. The molecule has 5 nitrogen and oxygen atoms in total. The number of para-hydroxylation sites is 1. The molecule has 1 aromatic heterocycles. The molecule has 0 amide bonds. The van der Waals surface area contributed by atoms with E-state index in [4.69, 9.17) is 0 Å². The third-order valence-electron chi connectivity index (χ3n) is 3.19. The average molecular weight is 404 g/mol. The lowest BCUT2D eigenvalue weighted by Crippen LogP contribution is -2.13. The number of nitrogens with one attached hydrogen (secondary N) is 2. The second-order valence-corrected chi connectivity index (χ2v) is 7.58. The summed E-state index contributed by atoms with van der Waals surface area (Å²) in [5, 5.41) is 3.14. The van der Waals surface area contributed by atoms with Crippen molar-refractivity contribution in [1.29, 1.82) is 0 Å². The number of aromatic nitrogens is 1. The van der Waals surface area contributed by atoms with Gasteiger partial charge in [-0.15, -0.1) is 0 Å². The van der Waals surface area contributed by atoms with Crippen LogP contribution in [0.15, 0.2) is 82.3 Å². The van der Waals surface area contributed by atoms with Gasteiger partial charge >= 0.3 is 0 Å². The molecule has 2 N–H and O–H groups in total. The van der Waals surface area contributed by atoms with E-state index in [9.17, 15) is 8.42 Å². The molecular formula is C17H14BrN3O2S. The fraction of sp³-hybridized carbons (Fsp3) is 0. The summed E-state index contributed by atoms with van der Waals surface area (Å²) < 4.78 is 28.0. The molecule has 0 spiro atoms. The van der Waals surface area contributed by atoms with Gasteiger partial charge < -0.3 is 5.32 Å². The summed E-state index contributed by atoms with van der Waals surface area (Å²) in [4.78, 5) is 4.41. The number of halogens is 1. The highest BCUT2D eigenvalue weighted by Crippen LogP contribution is 2.20. The largest absolute Gasteiger partial charge is 0.340 e. The van der Waals surface area contributed by atoms with Gasteiger partial charge in [-0.1, -0.05) is 34.1 Å². The maximum absolute atomic E-state index is 12.3. The summed E-state index contributed by atoms with van der Waals surface area (Å²) in [6, 6.07) is 19.4. The van der Waals surface area contributed by atoms with Crippen LogP contribution < -0.4 is 10.0 Å². The monoisotopic (exact) mass is 403 g/mol. The molecular weight excluding hydrogens is 390 g/mol. The van der Waals surface area contributed by atoms with Crippen LogP contribution >= 0.6 is 15.9 Å². The summed E-state index contributed by atoms with van der Waals surface area (Å²) in [7, 11) is -3.63. The summed E-state index contributed by atoms with van der Waals surface area (Å²) in [5.41, 5.74) is 1.31. The zero-order chi connectivity index (χ0) is 17.0. The number of benzene rings is 2. The SMILES string of the molecule is O=S(=O)(Nc1ccc(Nc2ccccc2)nc1)c1ccc(Br)cc1. The van der Waals surface area contributed by atoms with Crippen LogP contribution in [0.4, 0.5) is 17.2 Å². The van der Waals surface area contributed by atoms with Crippen molar-refractivity contribution in [1.82, 2.24) is 4.98 Å². The van der Waals surface area contributed by atoms with Crippen LogP contribution in [-0.4, -0.2) is 13.4 Å². The van der Waals surface area contributed by atoms with Crippen molar-refractivity contribution < 1.29 is 8.42 Å². The Kier molecular flexibility index (Phi) is 4.82. The molecule has 0 radical (unpaired) electrons. The van der Waals surface area contributed by atoms with Gasteiger partial charge in [0.25, 0.3) is 10.0 Å². The maximum atomic E-state index is 12.3. The molecule has 1 heterocycles. The first kappa shape index (κ1) is 16.5. The summed E-state index contributed by atoms with van der Waals surface area (Å²) in [6.07, 6.45) is 1.47. The van der Waals surface area contributed by atoms with Crippen LogP contribution in [-0.2, 0) is 10.0 Å². The molecule has 0 aliphatic rings. The third kappa shape index (κ3) is 4.12. The Morgan fingerprint density at radius 3 is 2.17 bits per heavy atom. The topological polar surface area (TPSA) is 71.1 Å². The lowest BCUT2D eigenvalue weighted by molar-refractivity contribution is 0.601. The van der Waals surface area contributed by atoms with E-state index >= 15 is 0 Å². The van der Waals surface area contributed by atoms with Crippen molar-refractivity contribution in [2.75, 3.05) is 10.0 Å². The first-order chi connectivity index (χ1) is 11.5. The van der Waals surface area contributed by atoms with E-state index in [1.54, 1.807) is 24.3 Å². The average Bonchev–Trinajstić information content (AvgIpc) is 2.58. The van der Waals surface area contributed by atoms with Gasteiger partial charge in [0.1, 0.15) is 5.82 Å². The van der Waals surface area contributed by atoms with E-state index in [2.05, 4.69) is 31.0 Å². The molecule has 0 atom stereocenters. The zero-order valence-corrected chi connectivity index (χ0v) is 14.9. The maximum Gasteiger partial charge on any atom is 0.261 e. The summed E-state index contributed by atoms with van der Waals surface area (Å²) >= 11 is 3.28. The highest BCUT2D eigenvalue weighted by molar-refractivity contribution is 9.10. The van der Waals surface area contributed by atoms with Crippen LogP contribution in [0, 0.1) is 0 Å². The van der Waals surface area contributed by atoms with Crippen molar-refractivity contribution in [2.45, 2.75) is 4.90 Å². The predicted octanol–water partition coefficient (Wildman–Crippen LogP) is 4.39. The van der Waals surface area contributed by atoms with Gasteiger partial charge in [-0.25, -0.2) is 13.4 Å². The lowest BCUT2D eigenvalue weighted by Gasteiger charge is -2.09. The van der Waals surface area contributed by atoms with Crippen LogP contribution in [0.3, 0.4) is 0 Å². The second kappa shape index (κ2) is 7.02. The van der Waals surface area contributed by atoms with Gasteiger partial charge in [-0.3, -0.25) is 4.72 Å². The molecule has 0 fully saturated rings. The minimum Gasteiger partial charge on any atom is -0.340 e. The van der Waals surface area contributed by atoms with E-state index in [1.807, 2.05) is 30.3 Å². The smallest absolute Gasteiger partial charge is 0.261 e. The van der Waals surface area contributed by atoms with E-state index in [1.165, 1.54) is 18.3 Å². The molecule has 3 rings (SSSR count). The van der Waals surface area contributed by atoms with Crippen LogP contribution in [0.5, 0.6) is 0 Å². The number of sulfonamides is 1. The summed E-state index contributed by atoms with van der Waals surface area (Å²) in [6.45, 7) is 0. The fourth-order valence-corrected chi connectivity index (χ4v) is 3.33. The van der Waals surface area contributed by atoms with Gasteiger partial charge in [0, 0.05) is 10.2 Å². The lowest BCUT2D eigenvalue weighted by atomic mass is 10.3. The van der Waals surface area contributed by atoms with Crippen molar-refractivity contribution in [2.24, 2.45) is 0 Å². The third-order valence-corrected chi connectivity index (χ3v) is 5.11. The minimum absolute atomic E-state index is 0.192. The Hall–Kier alpha value is -2.38. The molecule has 122 valence electrons. The molecule has 0 aliphatic heterocycles. The van der Waals surface area contributed by atoms with Crippen LogP contribution in [0.25, 0.3) is 0 Å². The fourth-order valence-electron chi connectivity index (χ4n) is 2.03. The van der Waals surface area contributed by atoms with Crippen LogP contribution in [0.1, 0.15) is 0 Å². The molecule has 0 saturated heterocycles. The number of anilines is 3. The predicted molar refractivity (Wildman–Crippen MR) is 98.9 cm³/mol. The number of nitrogens with zero attached hydrogens (tertiary/aromatic N) is 1. The van der Waals surface area contributed by atoms with Gasteiger partial charge in [-0.2, -0.15) is 0 Å². The number of hydrogen-bond acceptors (Lipinski definition) is 4. The van der Waals surface area contributed by atoms with Crippen molar-refractivity contribution in [3.8, 4) is 0 Å². The Labute approximate surface area is 148 Å². The van der Waals surface area contributed by atoms with Gasteiger partial charge in [0.2, 0.25) is 0 Å². The number of hydrogen-bond donors (Lipinski definition) is 2. The number of rotatable bonds is 5. The highest BCUT2D eigenvalue weighted by atomic mass is 79.9. The van der Waals surface area contributed by atoms with E-state index in [-0.39, 0.29) is 4.90 Å². The van der Waals surface area contributed by atoms with Gasteiger partial charge in [0.15, 0.2) is 0 Å². The van der Waals surface area contributed by atoms with Crippen LogP contribution in [0.2, 0.25) is 0 Å². The van der Waals surface area contributed by atoms with E-state index < -0.39 is 10.0 Å². The van der Waals surface area contributed by atoms with Gasteiger partial charge in [0.05, 0.1) is 16.8 Å². The van der Waals surface area contributed by atoms with Crippen molar-refractivity contribution >= 4 is 43.1 Å². The standard InChI is InChI=1S/C17H14BrN3O2S/c18-13-6-9-16(10-7-13)24(22,23)21-15-8-11-17(19-12-15)20-14-4-2-1-3-5-14/h1-12,21H,(H,19,20). The Balaban J connectivity index is 1.73.